The monoisotopic (exact) mass is 324 g/mol. The second kappa shape index (κ2) is 5.33. The van der Waals surface area contributed by atoms with Crippen molar-refractivity contribution in [3.05, 3.63) is 53.4 Å². The quantitative estimate of drug-likeness (QED) is 0.602. The lowest BCUT2D eigenvalue weighted by Gasteiger charge is -2.07. The van der Waals surface area contributed by atoms with Crippen LogP contribution in [0.5, 0.6) is 0 Å². The molecule has 5 nitrogen and oxygen atoms in total. The number of H-pyrrole nitrogens is 1. The molecule has 2 N–H and O–H groups in total. The summed E-state index contributed by atoms with van der Waals surface area (Å²) in [5, 5.41) is 11.8. The molecule has 1 atom stereocenters. The highest BCUT2D eigenvalue weighted by atomic mass is 32.1. The third-order valence-electron chi connectivity index (χ3n) is 3.86. The zero-order valence-corrected chi connectivity index (χ0v) is 13.6. The highest BCUT2D eigenvalue weighted by Gasteiger charge is 2.13. The van der Waals surface area contributed by atoms with Crippen LogP contribution in [0.1, 0.15) is 24.4 Å². The number of rotatable bonds is 3. The van der Waals surface area contributed by atoms with Gasteiger partial charge in [-0.2, -0.15) is 0 Å². The Labute approximate surface area is 137 Å². The summed E-state index contributed by atoms with van der Waals surface area (Å²) in [6.45, 7) is 3.80. The van der Waals surface area contributed by atoms with Crippen LogP contribution < -0.4 is 0 Å². The van der Waals surface area contributed by atoms with Gasteiger partial charge in [0.15, 0.2) is 5.82 Å². The standard InChI is InChI=1S/C17H16N4OS/c1-10-5-8-23-15(10)17-18-6-7-21(17)12-3-4-13-14(9-12)20-16(19-13)11(2)22/h3-9,11,22H,1-2H3,(H,19,20)/t11-/m1/s1. The van der Waals surface area contributed by atoms with Gasteiger partial charge in [-0.15, -0.1) is 11.3 Å². The van der Waals surface area contributed by atoms with Gasteiger partial charge in [-0.25, -0.2) is 9.97 Å². The minimum absolute atomic E-state index is 0.581. The Morgan fingerprint density at radius 1 is 1.30 bits per heavy atom. The van der Waals surface area contributed by atoms with Gasteiger partial charge in [0.05, 0.1) is 15.9 Å². The molecule has 0 amide bonds. The summed E-state index contributed by atoms with van der Waals surface area (Å²) in [5.41, 5.74) is 3.99. The van der Waals surface area contributed by atoms with Gasteiger partial charge in [-0.1, -0.05) is 0 Å². The van der Waals surface area contributed by atoms with Crippen molar-refractivity contribution in [3.63, 3.8) is 0 Å². The maximum absolute atomic E-state index is 9.67. The largest absolute Gasteiger partial charge is 0.385 e. The average Bonchev–Trinajstić information content (AvgIpc) is 3.24. The number of benzene rings is 1. The normalized spacial score (nSPS) is 12.8. The molecule has 0 saturated heterocycles. The smallest absolute Gasteiger partial charge is 0.154 e. The molecule has 4 rings (SSSR count). The van der Waals surface area contributed by atoms with E-state index in [9.17, 15) is 5.11 Å². The molecule has 3 aromatic heterocycles. The maximum atomic E-state index is 9.67. The molecule has 0 radical (unpaired) electrons. The van der Waals surface area contributed by atoms with Crippen molar-refractivity contribution in [1.29, 1.82) is 0 Å². The fourth-order valence-electron chi connectivity index (χ4n) is 2.65. The average molecular weight is 324 g/mol. The number of nitrogens with one attached hydrogen (secondary N) is 1. The summed E-state index contributed by atoms with van der Waals surface area (Å²) in [6.07, 6.45) is 3.16. The lowest BCUT2D eigenvalue weighted by atomic mass is 10.2. The molecular weight excluding hydrogens is 308 g/mol. The predicted octanol–water partition coefficient (Wildman–Crippen LogP) is 3.84. The van der Waals surface area contributed by atoms with E-state index in [1.165, 1.54) is 10.4 Å². The molecule has 23 heavy (non-hydrogen) atoms. The molecule has 0 aliphatic heterocycles. The molecule has 0 fully saturated rings. The Morgan fingerprint density at radius 3 is 2.91 bits per heavy atom. The van der Waals surface area contributed by atoms with Crippen LogP contribution in [-0.2, 0) is 0 Å². The van der Waals surface area contributed by atoms with Gasteiger partial charge in [0.1, 0.15) is 11.9 Å². The molecule has 0 aliphatic carbocycles. The van der Waals surface area contributed by atoms with Gasteiger partial charge in [0.25, 0.3) is 0 Å². The molecular formula is C17H16N4OS. The van der Waals surface area contributed by atoms with Crippen molar-refractivity contribution >= 4 is 22.4 Å². The fraction of sp³-hybridized carbons (Fsp3) is 0.176. The second-order valence-corrected chi connectivity index (χ2v) is 6.47. The first-order valence-corrected chi connectivity index (χ1v) is 8.27. The molecule has 0 bridgehead atoms. The summed E-state index contributed by atoms with van der Waals surface area (Å²) in [5.74, 6) is 1.52. The van der Waals surface area contributed by atoms with E-state index in [-0.39, 0.29) is 0 Å². The molecule has 0 unspecified atom stereocenters. The van der Waals surface area contributed by atoms with E-state index >= 15 is 0 Å². The van der Waals surface area contributed by atoms with Gasteiger partial charge >= 0.3 is 0 Å². The van der Waals surface area contributed by atoms with Gasteiger partial charge < -0.3 is 10.1 Å². The minimum Gasteiger partial charge on any atom is -0.385 e. The Kier molecular flexibility index (Phi) is 3.28. The van der Waals surface area contributed by atoms with Gasteiger partial charge in [-0.3, -0.25) is 4.57 Å². The first-order valence-electron chi connectivity index (χ1n) is 7.39. The number of nitrogens with zero attached hydrogens (tertiary/aromatic N) is 3. The number of imidazole rings is 2. The molecule has 116 valence electrons. The summed E-state index contributed by atoms with van der Waals surface area (Å²) < 4.78 is 2.07. The van der Waals surface area contributed by atoms with Crippen molar-refractivity contribution < 1.29 is 5.11 Å². The number of aromatic nitrogens is 4. The van der Waals surface area contributed by atoms with Crippen molar-refractivity contribution in [2.75, 3.05) is 0 Å². The number of hydrogen-bond acceptors (Lipinski definition) is 4. The van der Waals surface area contributed by atoms with E-state index in [4.69, 9.17) is 0 Å². The number of aliphatic hydroxyl groups excluding tert-OH is 1. The SMILES string of the molecule is Cc1ccsc1-c1nccn1-c1ccc2nc([C@@H](C)O)[nH]c2c1. The lowest BCUT2D eigenvalue weighted by Crippen LogP contribution is -1.95. The fourth-order valence-corrected chi connectivity index (χ4v) is 3.57. The van der Waals surface area contributed by atoms with Crippen LogP contribution in [0.2, 0.25) is 0 Å². The summed E-state index contributed by atoms with van der Waals surface area (Å²) in [4.78, 5) is 13.3. The van der Waals surface area contributed by atoms with Crippen molar-refractivity contribution in [3.8, 4) is 16.4 Å². The Morgan fingerprint density at radius 2 is 2.17 bits per heavy atom. The maximum Gasteiger partial charge on any atom is 0.154 e. The number of hydrogen-bond donors (Lipinski definition) is 2. The van der Waals surface area contributed by atoms with E-state index in [1.54, 1.807) is 18.3 Å². The molecule has 0 saturated carbocycles. The van der Waals surface area contributed by atoms with Crippen molar-refractivity contribution in [2.24, 2.45) is 0 Å². The second-order valence-electron chi connectivity index (χ2n) is 5.55. The van der Waals surface area contributed by atoms with E-state index in [2.05, 4.69) is 37.9 Å². The Hall–Kier alpha value is -2.44. The van der Waals surface area contributed by atoms with E-state index in [0.717, 1.165) is 22.5 Å². The zero-order chi connectivity index (χ0) is 16.0. The summed E-state index contributed by atoms with van der Waals surface area (Å²) >= 11 is 1.69. The number of aliphatic hydroxyl groups is 1. The number of fused-ring (bicyclic) bond motifs is 1. The third kappa shape index (κ3) is 2.36. The number of aryl methyl sites for hydroxylation is 1. The molecule has 0 spiro atoms. The molecule has 6 heteroatoms. The topological polar surface area (TPSA) is 66.7 Å². The Bertz CT molecular complexity index is 979. The first-order chi connectivity index (χ1) is 11.1. The van der Waals surface area contributed by atoms with Crippen LogP contribution in [0.4, 0.5) is 0 Å². The number of thiophene rings is 1. The number of aromatic amines is 1. The van der Waals surface area contributed by atoms with Gasteiger partial charge in [0.2, 0.25) is 0 Å². The predicted molar refractivity (Wildman–Crippen MR) is 91.9 cm³/mol. The van der Waals surface area contributed by atoms with Crippen molar-refractivity contribution in [2.45, 2.75) is 20.0 Å². The van der Waals surface area contributed by atoms with Crippen LogP contribution >= 0.6 is 11.3 Å². The highest BCUT2D eigenvalue weighted by Crippen LogP contribution is 2.30. The van der Waals surface area contributed by atoms with E-state index in [0.29, 0.717) is 5.82 Å². The van der Waals surface area contributed by atoms with Gasteiger partial charge in [0, 0.05) is 18.1 Å². The van der Waals surface area contributed by atoms with E-state index < -0.39 is 6.10 Å². The highest BCUT2D eigenvalue weighted by molar-refractivity contribution is 7.13. The van der Waals surface area contributed by atoms with Crippen LogP contribution in [0.3, 0.4) is 0 Å². The van der Waals surface area contributed by atoms with Crippen molar-refractivity contribution in [1.82, 2.24) is 19.5 Å². The molecule has 4 aromatic rings. The molecule has 3 heterocycles. The Balaban J connectivity index is 1.84. The third-order valence-corrected chi connectivity index (χ3v) is 4.88. The van der Waals surface area contributed by atoms with Gasteiger partial charge in [-0.05, 0) is 49.1 Å². The molecule has 0 aliphatic rings. The zero-order valence-electron chi connectivity index (χ0n) is 12.8. The lowest BCUT2D eigenvalue weighted by molar-refractivity contribution is 0.190. The van der Waals surface area contributed by atoms with E-state index in [1.807, 2.05) is 30.6 Å². The summed E-state index contributed by atoms with van der Waals surface area (Å²) in [6, 6.07) is 8.11. The first kappa shape index (κ1) is 14.2. The van der Waals surface area contributed by atoms with Crippen LogP contribution in [0.25, 0.3) is 27.4 Å². The van der Waals surface area contributed by atoms with Crippen LogP contribution in [0.15, 0.2) is 42.0 Å². The molecule has 1 aromatic carbocycles. The minimum atomic E-state index is -0.608. The summed E-state index contributed by atoms with van der Waals surface area (Å²) in [7, 11) is 0. The van der Waals surface area contributed by atoms with Crippen LogP contribution in [0, 0.1) is 6.92 Å². The van der Waals surface area contributed by atoms with Crippen LogP contribution in [-0.4, -0.2) is 24.6 Å².